The zero-order chi connectivity index (χ0) is 11.4. The van der Waals surface area contributed by atoms with Crippen LogP contribution in [0.5, 0.6) is 0 Å². The van der Waals surface area contributed by atoms with E-state index < -0.39 is 0 Å². The lowest BCUT2D eigenvalue weighted by Crippen LogP contribution is -2.30. The summed E-state index contributed by atoms with van der Waals surface area (Å²) in [7, 11) is 0. The SMILES string of the molecule is CCNCC(c1ccccc1Cl)C1CCC1. The van der Waals surface area contributed by atoms with Gasteiger partial charge in [-0.1, -0.05) is 43.1 Å². The first kappa shape index (κ1) is 11.9. The first-order valence-corrected chi connectivity index (χ1v) is 6.66. The van der Waals surface area contributed by atoms with Gasteiger partial charge >= 0.3 is 0 Å². The Balaban J connectivity index is 2.13. The standard InChI is InChI=1S/C14H20ClN/c1-2-16-10-13(11-6-5-7-11)12-8-3-4-9-14(12)15/h3-4,8-9,11,13,16H,2,5-7,10H2,1H3. The molecule has 1 atom stereocenters. The summed E-state index contributed by atoms with van der Waals surface area (Å²) in [6.07, 6.45) is 4.11. The molecule has 1 aromatic carbocycles. The van der Waals surface area contributed by atoms with Crippen LogP contribution in [-0.4, -0.2) is 13.1 Å². The van der Waals surface area contributed by atoms with Crippen LogP contribution in [0.1, 0.15) is 37.7 Å². The Morgan fingerprint density at radius 3 is 2.69 bits per heavy atom. The van der Waals surface area contributed by atoms with Gasteiger partial charge in [0.05, 0.1) is 0 Å². The van der Waals surface area contributed by atoms with Crippen molar-refractivity contribution in [3.63, 3.8) is 0 Å². The topological polar surface area (TPSA) is 12.0 Å². The minimum atomic E-state index is 0.599. The van der Waals surface area contributed by atoms with E-state index in [1.54, 1.807) is 0 Å². The lowest BCUT2D eigenvalue weighted by atomic mass is 9.73. The van der Waals surface area contributed by atoms with E-state index in [4.69, 9.17) is 11.6 Å². The number of hydrogen-bond acceptors (Lipinski definition) is 1. The van der Waals surface area contributed by atoms with E-state index in [0.29, 0.717) is 5.92 Å². The van der Waals surface area contributed by atoms with Gasteiger partial charge in [-0.15, -0.1) is 0 Å². The summed E-state index contributed by atoms with van der Waals surface area (Å²) >= 11 is 6.30. The number of halogens is 1. The molecule has 16 heavy (non-hydrogen) atoms. The Bertz CT molecular complexity index is 333. The molecule has 1 aromatic rings. The van der Waals surface area contributed by atoms with Gasteiger partial charge < -0.3 is 5.32 Å². The highest BCUT2D eigenvalue weighted by molar-refractivity contribution is 6.31. The largest absolute Gasteiger partial charge is 0.316 e. The molecule has 0 aromatic heterocycles. The number of rotatable bonds is 5. The number of likely N-dealkylation sites (N-methyl/N-ethyl adjacent to an activating group) is 1. The second kappa shape index (κ2) is 5.70. The molecule has 2 heteroatoms. The Kier molecular flexibility index (Phi) is 4.25. The van der Waals surface area contributed by atoms with Gasteiger partial charge in [-0.25, -0.2) is 0 Å². The molecule has 0 heterocycles. The average Bonchev–Trinajstić information content (AvgIpc) is 2.22. The molecule has 0 bridgehead atoms. The van der Waals surface area contributed by atoms with Crippen LogP contribution in [0.15, 0.2) is 24.3 Å². The van der Waals surface area contributed by atoms with Crippen molar-refractivity contribution in [3.05, 3.63) is 34.9 Å². The summed E-state index contributed by atoms with van der Waals surface area (Å²) in [5.41, 5.74) is 1.33. The molecular weight excluding hydrogens is 218 g/mol. The highest BCUT2D eigenvalue weighted by atomic mass is 35.5. The molecule has 1 unspecified atom stereocenters. The van der Waals surface area contributed by atoms with Crippen molar-refractivity contribution < 1.29 is 0 Å². The number of benzene rings is 1. The van der Waals surface area contributed by atoms with E-state index in [2.05, 4.69) is 24.4 Å². The Morgan fingerprint density at radius 1 is 1.38 bits per heavy atom. The maximum Gasteiger partial charge on any atom is 0.0441 e. The molecule has 0 aliphatic heterocycles. The predicted octanol–water partition coefficient (Wildman–Crippen LogP) is 3.83. The molecule has 0 spiro atoms. The van der Waals surface area contributed by atoms with Crippen LogP contribution in [0.3, 0.4) is 0 Å². The maximum absolute atomic E-state index is 6.30. The van der Waals surface area contributed by atoms with Crippen LogP contribution in [0, 0.1) is 5.92 Å². The summed E-state index contributed by atoms with van der Waals surface area (Å²) < 4.78 is 0. The molecule has 0 saturated heterocycles. The van der Waals surface area contributed by atoms with Gasteiger partial charge in [-0.2, -0.15) is 0 Å². The monoisotopic (exact) mass is 237 g/mol. The molecule has 1 aliphatic rings. The van der Waals surface area contributed by atoms with Gasteiger partial charge in [0.1, 0.15) is 0 Å². The van der Waals surface area contributed by atoms with Crippen LogP contribution in [-0.2, 0) is 0 Å². The molecule has 1 aliphatic carbocycles. The molecule has 2 rings (SSSR count). The van der Waals surface area contributed by atoms with Gasteiger partial charge in [0.25, 0.3) is 0 Å². The van der Waals surface area contributed by atoms with Gasteiger partial charge in [-0.05, 0) is 36.9 Å². The van der Waals surface area contributed by atoms with Crippen LogP contribution < -0.4 is 5.32 Å². The normalized spacial score (nSPS) is 18.1. The fraction of sp³-hybridized carbons (Fsp3) is 0.571. The van der Waals surface area contributed by atoms with E-state index in [9.17, 15) is 0 Å². The summed E-state index contributed by atoms with van der Waals surface area (Å²) in [4.78, 5) is 0. The lowest BCUT2D eigenvalue weighted by molar-refractivity contribution is 0.256. The van der Waals surface area contributed by atoms with E-state index >= 15 is 0 Å². The van der Waals surface area contributed by atoms with E-state index in [1.165, 1.54) is 24.8 Å². The van der Waals surface area contributed by atoms with Crippen LogP contribution in [0.25, 0.3) is 0 Å². The van der Waals surface area contributed by atoms with Crippen molar-refractivity contribution in [3.8, 4) is 0 Å². The van der Waals surface area contributed by atoms with Crippen molar-refractivity contribution in [2.24, 2.45) is 5.92 Å². The molecule has 1 nitrogen and oxygen atoms in total. The smallest absolute Gasteiger partial charge is 0.0441 e. The number of nitrogens with one attached hydrogen (secondary N) is 1. The second-order valence-corrected chi connectivity index (χ2v) is 5.03. The van der Waals surface area contributed by atoms with Crippen LogP contribution in [0.4, 0.5) is 0 Å². The molecule has 0 radical (unpaired) electrons. The van der Waals surface area contributed by atoms with E-state index in [0.717, 1.165) is 24.0 Å². The molecule has 0 amide bonds. The quantitative estimate of drug-likeness (QED) is 0.821. The Morgan fingerprint density at radius 2 is 2.12 bits per heavy atom. The zero-order valence-electron chi connectivity index (χ0n) is 9.88. The third-order valence-electron chi connectivity index (χ3n) is 3.64. The van der Waals surface area contributed by atoms with Gasteiger partial charge in [-0.3, -0.25) is 0 Å². The van der Waals surface area contributed by atoms with Crippen molar-refractivity contribution in [2.75, 3.05) is 13.1 Å². The van der Waals surface area contributed by atoms with Crippen molar-refractivity contribution in [1.82, 2.24) is 5.32 Å². The van der Waals surface area contributed by atoms with Crippen LogP contribution >= 0.6 is 11.6 Å². The summed E-state index contributed by atoms with van der Waals surface area (Å²) in [5.74, 6) is 1.43. The molecule has 1 fully saturated rings. The number of hydrogen-bond donors (Lipinski definition) is 1. The first-order valence-electron chi connectivity index (χ1n) is 6.28. The second-order valence-electron chi connectivity index (χ2n) is 4.63. The van der Waals surface area contributed by atoms with Crippen LogP contribution in [0.2, 0.25) is 5.02 Å². The fourth-order valence-corrected chi connectivity index (χ4v) is 2.72. The van der Waals surface area contributed by atoms with Crippen molar-refractivity contribution in [2.45, 2.75) is 32.1 Å². The average molecular weight is 238 g/mol. The Labute approximate surface area is 103 Å². The fourth-order valence-electron chi connectivity index (χ4n) is 2.45. The minimum Gasteiger partial charge on any atom is -0.316 e. The molecular formula is C14H20ClN. The maximum atomic E-state index is 6.30. The summed E-state index contributed by atoms with van der Waals surface area (Å²) in [5, 5.41) is 4.39. The molecule has 1 saturated carbocycles. The highest BCUT2D eigenvalue weighted by Gasteiger charge is 2.29. The predicted molar refractivity (Wildman–Crippen MR) is 70.1 cm³/mol. The van der Waals surface area contributed by atoms with E-state index in [1.807, 2.05) is 12.1 Å². The summed E-state index contributed by atoms with van der Waals surface area (Å²) in [6.45, 7) is 4.25. The zero-order valence-corrected chi connectivity index (χ0v) is 10.6. The highest BCUT2D eigenvalue weighted by Crippen LogP contribution is 2.40. The third-order valence-corrected chi connectivity index (χ3v) is 3.98. The first-order chi connectivity index (χ1) is 7.83. The Hall–Kier alpha value is -0.530. The van der Waals surface area contributed by atoms with Gasteiger partial charge in [0, 0.05) is 17.5 Å². The molecule has 1 N–H and O–H groups in total. The molecule has 88 valence electrons. The van der Waals surface area contributed by atoms with Crippen molar-refractivity contribution in [1.29, 1.82) is 0 Å². The van der Waals surface area contributed by atoms with Crippen molar-refractivity contribution >= 4 is 11.6 Å². The van der Waals surface area contributed by atoms with Gasteiger partial charge in [0.2, 0.25) is 0 Å². The van der Waals surface area contributed by atoms with Gasteiger partial charge in [0.15, 0.2) is 0 Å². The summed E-state index contributed by atoms with van der Waals surface area (Å²) in [6, 6.07) is 8.30. The van der Waals surface area contributed by atoms with E-state index in [-0.39, 0.29) is 0 Å². The lowest BCUT2D eigenvalue weighted by Gasteiger charge is -2.34. The third kappa shape index (κ3) is 2.58. The minimum absolute atomic E-state index is 0.599.